The lowest BCUT2D eigenvalue weighted by molar-refractivity contribution is 0.0272. The minimum Gasteiger partial charge on any atom is -0.376 e. The molecule has 2 N–H and O–H groups in total. The summed E-state index contributed by atoms with van der Waals surface area (Å²) in [5.74, 6) is 0.535. The zero-order chi connectivity index (χ0) is 11.3. The molecule has 0 bridgehead atoms. The van der Waals surface area contributed by atoms with Crippen LogP contribution in [-0.4, -0.2) is 12.7 Å². The SMILES string of the molecule is CC(C)C(C)OCC(N)c1ccccc1. The maximum absolute atomic E-state index is 6.02. The van der Waals surface area contributed by atoms with Crippen LogP contribution in [0.4, 0.5) is 0 Å². The van der Waals surface area contributed by atoms with Crippen molar-refractivity contribution in [2.45, 2.75) is 32.9 Å². The first-order valence-corrected chi connectivity index (χ1v) is 5.53. The average molecular weight is 207 g/mol. The Morgan fingerprint density at radius 1 is 1.13 bits per heavy atom. The van der Waals surface area contributed by atoms with Crippen LogP contribution < -0.4 is 5.73 Å². The molecule has 1 rings (SSSR count). The zero-order valence-electron chi connectivity index (χ0n) is 9.81. The van der Waals surface area contributed by atoms with E-state index in [1.807, 2.05) is 30.3 Å². The summed E-state index contributed by atoms with van der Waals surface area (Å²) in [7, 11) is 0. The second-order valence-corrected chi connectivity index (χ2v) is 4.30. The molecular formula is C13H21NO. The number of nitrogens with two attached hydrogens (primary N) is 1. The normalized spacial score (nSPS) is 15.3. The summed E-state index contributed by atoms with van der Waals surface area (Å²) in [6.07, 6.45) is 0.264. The van der Waals surface area contributed by atoms with E-state index in [2.05, 4.69) is 20.8 Å². The number of ether oxygens (including phenoxy) is 1. The first-order valence-electron chi connectivity index (χ1n) is 5.53. The predicted octanol–water partition coefficient (Wildman–Crippen LogP) is 2.75. The summed E-state index contributed by atoms with van der Waals surface area (Å²) in [5.41, 5.74) is 7.15. The van der Waals surface area contributed by atoms with Crippen LogP contribution >= 0.6 is 0 Å². The van der Waals surface area contributed by atoms with Gasteiger partial charge in [0.25, 0.3) is 0 Å². The summed E-state index contributed by atoms with van der Waals surface area (Å²) in [4.78, 5) is 0. The molecule has 15 heavy (non-hydrogen) atoms. The van der Waals surface area contributed by atoms with E-state index in [-0.39, 0.29) is 12.1 Å². The molecule has 0 aliphatic heterocycles. The van der Waals surface area contributed by atoms with Crippen molar-refractivity contribution in [1.29, 1.82) is 0 Å². The standard InChI is InChI=1S/C13H21NO/c1-10(2)11(3)15-9-13(14)12-7-5-4-6-8-12/h4-8,10-11,13H,9,14H2,1-3H3. The lowest BCUT2D eigenvalue weighted by Crippen LogP contribution is -2.23. The van der Waals surface area contributed by atoms with E-state index in [9.17, 15) is 0 Å². The van der Waals surface area contributed by atoms with Crippen LogP contribution in [0.1, 0.15) is 32.4 Å². The van der Waals surface area contributed by atoms with Gasteiger partial charge in [-0.2, -0.15) is 0 Å². The van der Waals surface area contributed by atoms with E-state index >= 15 is 0 Å². The minimum atomic E-state index is -0.0209. The van der Waals surface area contributed by atoms with Crippen LogP contribution in [-0.2, 0) is 4.74 Å². The third-order valence-corrected chi connectivity index (χ3v) is 2.71. The molecule has 0 aliphatic carbocycles. The van der Waals surface area contributed by atoms with Crippen LogP contribution in [0.3, 0.4) is 0 Å². The summed E-state index contributed by atoms with van der Waals surface area (Å²) in [6.45, 7) is 6.98. The van der Waals surface area contributed by atoms with Crippen molar-refractivity contribution in [3.05, 3.63) is 35.9 Å². The van der Waals surface area contributed by atoms with Gasteiger partial charge in [0.05, 0.1) is 18.8 Å². The fourth-order valence-corrected chi connectivity index (χ4v) is 1.24. The van der Waals surface area contributed by atoms with Gasteiger partial charge in [-0.05, 0) is 18.4 Å². The summed E-state index contributed by atoms with van der Waals surface area (Å²) in [5, 5.41) is 0. The first kappa shape index (κ1) is 12.2. The molecule has 0 aliphatic rings. The Morgan fingerprint density at radius 2 is 1.73 bits per heavy atom. The Balaban J connectivity index is 2.40. The van der Waals surface area contributed by atoms with Gasteiger partial charge in [0, 0.05) is 0 Å². The average Bonchev–Trinajstić information content (AvgIpc) is 2.26. The Labute approximate surface area is 92.4 Å². The number of hydrogen-bond donors (Lipinski definition) is 1. The lowest BCUT2D eigenvalue weighted by Gasteiger charge is -2.19. The second-order valence-electron chi connectivity index (χ2n) is 4.30. The first-order chi connectivity index (χ1) is 7.11. The molecule has 0 amide bonds. The number of rotatable bonds is 5. The summed E-state index contributed by atoms with van der Waals surface area (Å²) < 4.78 is 5.69. The molecule has 2 nitrogen and oxygen atoms in total. The highest BCUT2D eigenvalue weighted by molar-refractivity contribution is 5.18. The van der Waals surface area contributed by atoms with Crippen LogP contribution in [0.2, 0.25) is 0 Å². The van der Waals surface area contributed by atoms with Crippen LogP contribution in [0.15, 0.2) is 30.3 Å². The van der Waals surface area contributed by atoms with Gasteiger partial charge in [-0.25, -0.2) is 0 Å². The maximum Gasteiger partial charge on any atom is 0.0663 e. The molecule has 0 aromatic heterocycles. The van der Waals surface area contributed by atoms with Gasteiger partial charge in [0.2, 0.25) is 0 Å². The van der Waals surface area contributed by atoms with Crippen LogP contribution in [0.25, 0.3) is 0 Å². The molecule has 2 heteroatoms. The molecule has 2 unspecified atom stereocenters. The molecule has 84 valence electrons. The molecule has 0 fully saturated rings. The van der Waals surface area contributed by atoms with E-state index < -0.39 is 0 Å². The Bertz CT molecular complexity index is 271. The highest BCUT2D eigenvalue weighted by Gasteiger charge is 2.10. The zero-order valence-corrected chi connectivity index (χ0v) is 9.81. The van der Waals surface area contributed by atoms with Gasteiger partial charge < -0.3 is 10.5 Å². The van der Waals surface area contributed by atoms with Crippen molar-refractivity contribution in [3.63, 3.8) is 0 Å². The molecule has 1 aromatic carbocycles. The van der Waals surface area contributed by atoms with Crippen molar-refractivity contribution in [2.24, 2.45) is 11.7 Å². The van der Waals surface area contributed by atoms with E-state index in [0.717, 1.165) is 5.56 Å². The van der Waals surface area contributed by atoms with Gasteiger partial charge in [0.1, 0.15) is 0 Å². The van der Waals surface area contributed by atoms with Gasteiger partial charge in [-0.15, -0.1) is 0 Å². The molecule has 0 saturated heterocycles. The fraction of sp³-hybridized carbons (Fsp3) is 0.538. The maximum atomic E-state index is 6.02. The predicted molar refractivity (Wildman–Crippen MR) is 63.6 cm³/mol. The smallest absolute Gasteiger partial charge is 0.0663 e. The summed E-state index contributed by atoms with van der Waals surface area (Å²) >= 11 is 0. The van der Waals surface area contributed by atoms with E-state index in [0.29, 0.717) is 12.5 Å². The van der Waals surface area contributed by atoms with Gasteiger partial charge in [-0.3, -0.25) is 0 Å². The Kier molecular flexibility index (Phi) is 4.79. The fourth-order valence-electron chi connectivity index (χ4n) is 1.24. The van der Waals surface area contributed by atoms with Gasteiger partial charge in [-0.1, -0.05) is 44.2 Å². The van der Waals surface area contributed by atoms with Crippen molar-refractivity contribution in [3.8, 4) is 0 Å². The quantitative estimate of drug-likeness (QED) is 0.805. The molecule has 0 heterocycles. The monoisotopic (exact) mass is 207 g/mol. The van der Waals surface area contributed by atoms with E-state index in [4.69, 9.17) is 10.5 Å². The Morgan fingerprint density at radius 3 is 2.27 bits per heavy atom. The molecule has 1 aromatic rings. The topological polar surface area (TPSA) is 35.2 Å². The van der Waals surface area contributed by atoms with Crippen LogP contribution in [0, 0.1) is 5.92 Å². The highest BCUT2D eigenvalue weighted by atomic mass is 16.5. The van der Waals surface area contributed by atoms with Gasteiger partial charge >= 0.3 is 0 Å². The third kappa shape index (κ3) is 4.02. The summed E-state index contributed by atoms with van der Waals surface area (Å²) in [6, 6.07) is 10.0. The largest absolute Gasteiger partial charge is 0.376 e. The molecule has 2 atom stereocenters. The third-order valence-electron chi connectivity index (χ3n) is 2.71. The molecular weight excluding hydrogens is 186 g/mol. The molecule has 0 radical (unpaired) electrons. The van der Waals surface area contributed by atoms with Crippen LogP contribution in [0.5, 0.6) is 0 Å². The lowest BCUT2D eigenvalue weighted by atomic mass is 10.1. The Hall–Kier alpha value is -0.860. The van der Waals surface area contributed by atoms with Gasteiger partial charge in [0.15, 0.2) is 0 Å². The number of hydrogen-bond acceptors (Lipinski definition) is 2. The minimum absolute atomic E-state index is 0.0209. The van der Waals surface area contributed by atoms with E-state index in [1.54, 1.807) is 0 Å². The number of benzene rings is 1. The molecule has 0 spiro atoms. The van der Waals surface area contributed by atoms with Crippen molar-refractivity contribution in [1.82, 2.24) is 0 Å². The van der Waals surface area contributed by atoms with Crippen molar-refractivity contribution >= 4 is 0 Å². The van der Waals surface area contributed by atoms with Crippen molar-refractivity contribution in [2.75, 3.05) is 6.61 Å². The highest BCUT2D eigenvalue weighted by Crippen LogP contribution is 2.12. The second kappa shape index (κ2) is 5.89. The van der Waals surface area contributed by atoms with E-state index in [1.165, 1.54) is 0 Å². The van der Waals surface area contributed by atoms with Crippen molar-refractivity contribution < 1.29 is 4.74 Å². The molecule has 0 saturated carbocycles.